The van der Waals surface area contributed by atoms with E-state index in [4.69, 9.17) is 11.6 Å². The maximum absolute atomic E-state index is 12.8. The lowest BCUT2D eigenvalue weighted by molar-refractivity contribution is 0.0734. The quantitative estimate of drug-likeness (QED) is 0.905. The molecule has 1 amide bonds. The summed E-state index contributed by atoms with van der Waals surface area (Å²) in [4.78, 5) is 14.7. The molecule has 130 valence electrons. The van der Waals surface area contributed by atoms with Gasteiger partial charge in [-0.2, -0.15) is 5.10 Å². The van der Waals surface area contributed by atoms with Crippen LogP contribution >= 0.6 is 24.0 Å². The van der Waals surface area contributed by atoms with E-state index in [1.54, 1.807) is 0 Å². The summed E-state index contributed by atoms with van der Waals surface area (Å²) in [7, 11) is 0. The molecule has 24 heavy (non-hydrogen) atoms. The minimum atomic E-state index is 0. The van der Waals surface area contributed by atoms with Crippen molar-refractivity contribution in [2.45, 2.75) is 20.4 Å². The molecule has 0 spiro atoms. The number of amides is 1. The monoisotopic (exact) mass is 368 g/mol. The molecule has 0 bridgehead atoms. The Morgan fingerprint density at radius 2 is 1.92 bits per heavy atom. The van der Waals surface area contributed by atoms with E-state index in [2.05, 4.69) is 10.4 Å². The molecule has 1 aromatic heterocycles. The van der Waals surface area contributed by atoms with Gasteiger partial charge in [0.05, 0.1) is 17.8 Å². The number of benzene rings is 1. The van der Waals surface area contributed by atoms with Gasteiger partial charge >= 0.3 is 0 Å². The molecule has 0 aliphatic carbocycles. The van der Waals surface area contributed by atoms with Crippen LogP contribution in [0.1, 0.15) is 27.3 Å². The number of rotatable bonds is 3. The predicted octanol–water partition coefficient (Wildman–Crippen LogP) is 2.67. The SMILES string of the molecule is Cc1nn(Cc2ccccc2Cl)c(C)c1C(=O)N1CCNCC1.Cl. The fourth-order valence-electron chi connectivity index (χ4n) is 2.97. The Bertz CT molecular complexity index is 723. The first-order valence-corrected chi connectivity index (χ1v) is 8.23. The Hall–Kier alpha value is -1.56. The van der Waals surface area contributed by atoms with E-state index in [1.807, 2.05) is 47.7 Å². The van der Waals surface area contributed by atoms with E-state index in [-0.39, 0.29) is 18.3 Å². The van der Waals surface area contributed by atoms with E-state index in [0.717, 1.165) is 53.7 Å². The van der Waals surface area contributed by atoms with Crippen LogP contribution < -0.4 is 5.32 Å². The van der Waals surface area contributed by atoms with Gasteiger partial charge in [-0.25, -0.2) is 0 Å². The summed E-state index contributed by atoms with van der Waals surface area (Å²) < 4.78 is 1.87. The largest absolute Gasteiger partial charge is 0.336 e. The van der Waals surface area contributed by atoms with Crippen molar-refractivity contribution in [3.8, 4) is 0 Å². The summed E-state index contributed by atoms with van der Waals surface area (Å²) in [6.07, 6.45) is 0. The Balaban J connectivity index is 0.00000208. The highest BCUT2D eigenvalue weighted by Gasteiger charge is 2.24. The normalized spacial score (nSPS) is 14.4. The summed E-state index contributed by atoms with van der Waals surface area (Å²) in [5, 5.41) is 8.54. The minimum Gasteiger partial charge on any atom is -0.336 e. The maximum atomic E-state index is 12.8. The van der Waals surface area contributed by atoms with Gasteiger partial charge in [0.1, 0.15) is 0 Å². The van der Waals surface area contributed by atoms with E-state index >= 15 is 0 Å². The molecule has 2 aromatic rings. The molecular formula is C17H22Cl2N4O. The molecule has 1 aromatic carbocycles. The van der Waals surface area contributed by atoms with Crippen molar-refractivity contribution in [3.05, 3.63) is 51.8 Å². The number of carbonyl (C=O) groups excluding carboxylic acids is 1. The van der Waals surface area contributed by atoms with Crippen molar-refractivity contribution in [2.75, 3.05) is 26.2 Å². The lowest BCUT2D eigenvalue weighted by Crippen LogP contribution is -2.46. The van der Waals surface area contributed by atoms with Crippen molar-refractivity contribution in [3.63, 3.8) is 0 Å². The molecule has 7 heteroatoms. The molecular weight excluding hydrogens is 347 g/mol. The molecule has 0 atom stereocenters. The zero-order valence-electron chi connectivity index (χ0n) is 13.9. The molecule has 1 aliphatic rings. The number of nitrogens with one attached hydrogen (secondary N) is 1. The van der Waals surface area contributed by atoms with Gasteiger partial charge < -0.3 is 10.2 Å². The Labute approximate surface area is 153 Å². The zero-order valence-corrected chi connectivity index (χ0v) is 15.5. The first-order valence-electron chi connectivity index (χ1n) is 7.85. The predicted molar refractivity (Wildman–Crippen MR) is 98.3 cm³/mol. The van der Waals surface area contributed by atoms with Gasteiger partial charge in [-0.3, -0.25) is 9.48 Å². The Morgan fingerprint density at radius 1 is 1.25 bits per heavy atom. The number of nitrogens with zero attached hydrogens (tertiary/aromatic N) is 3. The van der Waals surface area contributed by atoms with Crippen molar-refractivity contribution >= 4 is 29.9 Å². The van der Waals surface area contributed by atoms with E-state index in [0.29, 0.717) is 6.54 Å². The van der Waals surface area contributed by atoms with Gasteiger partial charge in [0.25, 0.3) is 5.91 Å². The highest BCUT2D eigenvalue weighted by molar-refractivity contribution is 6.31. The Morgan fingerprint density at radius 3 is 2.58 bits per heavy atom. The molecule has 2 heterocycles. The zero-order chi connectivity index (χ0) is 16.4. The van der Waals surface area contributed by atoms with Gasteiger partial charge in [0.2, 0.25) is 0 Å². The second kappa shape index (κ2) is 8.01. The topological polar surface area (TPSA) is 50.2 Å². The van der Waals surface area contributed by atoms with Crippen LogP contribution in [0.15, 0.2) is 24.3 Å². The molecule has 1 fully saturated rings. The number of carbonyl (C=O) groups is 1. The van der Waals surface area contributed by atoms with Crippen molar-refractivity contribution in [2.24, 2.45) is 0 Å². The second-order valence-corrected chi connectivity index (χ2v) is 6.24. The van der Waals surface area contributed by atoms with Gasteiger partial charge in [0.15, 0.2) is 0 Å². The average molecular weight is 369 g/mol. The number of aryl methyl sites for hydroxylation is 1. The fourth-order valence-corrected chi connectivity index (χ4v) is 3.17. The lowest BCUT2D eigenvalue weighted by atomic mass is 10.1. The van der Waals surface area contributed by atoms with Crippen molar-refractivity contribution in [1.82, 2.24) is 20.0 Å². The van der Waals surface area contributed by atoms with Crippen LogP contribution in [0.25, 0.3) is 0 Å². The second-order valence-electron chi connectivity index (χ2n) is 5.84. The average Bonchev–Trinajstić information content (AvgIpc) is 2.84. The van der Waals surface area contributed by atoms with E-state index in [1.165, 1.54) is 0 Å². The smallest absolute Gasteiger partial charge is 0.257 e. The summed E-state index contributed by atoms with van der Waals surface area (Å²) in [6, 6.07) is 7.72. The molecule has 1 aliphatic heterocycles. The van der Waals surface area contributed by atoms with Crippen LogP contribution in [-0.4, -0.2) is 46.8 Å². The summed E-state index contributed by atoms with van der Waals surface area (Å²) in [5.41, 5.74) is 3.39. The standard InChI is InChI=1S/C17H21ClN4O.ClH/c1-12-16(17(23)21-9-7-19-8-10-21)13(2)22(20-12)11-14-5-3-4-6-15(14)18;/h3-6,19H,7-11H2,1-2H3;1H. The Kier molecular flexibility index (Phi) is 6.27. The van der Waals surface area contributed by atoms with Gasteiger partial charge in [-0.15, -0.1) is 12.4 Å². The molecule has 0 radical (unpaired) electrons. The number of hydrogen-bond acceptors (Lipinski definition) is 3. The molecule has 1 saturated heterocycles. The number of aromatic nitrogens is 2. The van der Waals surface area contributed by atoms with Crippen LogP contribution in [0.4, 0.5) is 0 Å². The van der Waals surface area contributed by atoms with Crippen LogP contribution in [-0.2, 0) is 6.54 Å². The minimum absolute atomic E-state index is 0. The third-order valence-electron chi connectivity index (χ3n) is 4.28. The highest BCUT2D eigenvalue weighted by Crippen LogP contribution is 2.20. The lowest BCUT2D eigenvalue weighted by Gasteiger charge is -2.27. The van der Waals surface area contributed by atoms with Gasteiger partial charge in [-0.1, -0.05) is 29.8 Å². The van der Waals surface area contributed by atoms with Gasteiger partial charge in [0, 0.05) is 36.9 Å². The van der Waals surface area contributed by atoms with Crippen LogP contribution in [0.2, 0.25) is 5.02 Å². The molecule has 0 saturated carbocycles. The number of halogens is 2. The molecule has 3 rings (SSSR count). The first kappa shape index (κ1) is 18.8. The first-order chi connectivity index (χ1) is 11.1. The van der Waals surface area contributed by atoms with Crippen LogP contribution in [0.3, 0.4) is 0 Å². The summed E-state index contributed by atoms with van der Waals surface area (Å²) in [6.45, 7) is 7.59. The van der Waals surface area contributed by atoms with Crippen LogP contribution in [0, 0.1) is 13.8 Å². The molecule has 0 unspecified atom stereocenters. The van der Waals surface area contributed by atoms with E-state index < -0.39 is 0 Å². The molecule has 1 N–H and O–H groups in total. The third kappa shape index (κ3) is 3.74. The number of hydrogen-bond donors (Lipinski definition) is 1. The van der Waals surface area contributed by atoms with Crippen LogP contribution in [0.5, 0.6) is 0 Å². The molecule has 5 nitrogen and oxygen atoms in total. The number of piperazine rings is 1. The van der Waals surface area contributed by atoms with Crippen molar-refractivity contribution < 1.29 is 4.79 Å². The third-order valence-corrected chi connectivity index (χ3v) is 4.65. The fraction of sp³-hybridized carbons (Fsp3) is 0.412. The van der Waals surface area contributed by atoms with Crippen molar-refractivity contribution in [1.29, 1.82) is 0 Å². The van der Waals surface area contributed by atoms with E-state index in [9.17, 15) is 4.79 Å². The summed E-state index contributed by atoms with van der Waals surface area (Å²) >= 11 is 6.23. The highest BCUT2D eigenvalue weighted by atomic mass is 35.5. The maximum Gasteiger partial charge on any atom is 0.257 e. The van der Waals surface area contributed by atoms with Gasteiger partial charge in [-0.05, 0) is 25.5 Å². The summed E-state index contributed by atoms with van der Waals surface area (Å²) in [5.74, 6) is 0.0758.